The predicted octanol–water partition coefficient (Wildman–Crippen LogP) is 5.51. The zero-order chi connectivity index (χ0) is 26.2. The third-order valence-electron chi connectivity index (χ3n) is 5.78. The van der Waals surface area contributed by atoms with Crippen LogP contribution in [-0.2, 0) is 24.0 Å². The van der Waals surface area contributed by atoms with E-state index in [1.165, 1.54) is 23.9 Å². The summed E-state index contributed by atoms with van der Waals surface area (Å²) in [5.74, 6) is -1.36. The zero-order valence-corrected chi connectivity index (χ0v) is 20.7. The van der Waals surface area contributed by atoms with Crippen LogP contribution in [0.4, 0.5) is 19.0 Å². The Morgan fingerprint density at radius 1 is 1.11 bits per heavy atom. The number of carbonyl (C=O) groups excluding carboxylic acids is 2. The van der Waals surface area contributed by atoms with Gasteiger partial charge in [-0.25, -0.2) is 9.48 Å². The molecule has 1 aromatic heterocycles. The Labute approximate surface area is 214 Å². The Bertz CT molecular complexity index is 1290. The van der Waals surface area contributed by atoms with Crippen molar-refractivity contribution in [2.45, 2.75) is 32.2 Å². The first-order valence-corrected chi connectivity index (χ1v) is 11.6. The highest BCUT2D eigenvalue weighted by atomic mass is 35.5. The number of rotatable bonds is 6. The van der Waals surface area contributed by atoms with Crippen molar-refractivity contribution in [3.8, 4) is 0 Å². The minimum absolute atomic E-state index is 0.0733. The smallest absolute Gasteiger partial charge is 0.436 e. The second kappa shape index (κ2) is 10.0. The van der Waals surface area contributed by atoms with E-state index >= 15 is 0 Å². The molecule has 1 atom stereocenters. The molecule has 2 heterocycles. The third-order valence-corrected chi connectivity index (χ3v) is 6.21. The number of benzene rings is 2. The van der Waals surface area contributed by atoms with Crippen LogP contribution in [0, 0.1) is 0 Å². The molecule has 0 unspecified atom stereocenters. The van der Waals surface area contributed by atoms with Crippen LogP contribution >= 0.6 is 23.2 Å². The lowest BCUT2D eigenvalue weighted by atomic mass is 10.1. The monoisotopic (exact) mass is 540 g/mol. The van der Waals surface area contributed by atoms with Gasteiger partial charge in [-0.1, -0.05) is 35.3 Å². The van der Waals surface area contributed by atoms with Crippen LogP contribution in [0.25, 0.3) is 0 Å². The van der Waals surface area contributed by atoms with Crippen molar-refractivity contribution in [1.82, 2.24) is 15.1 Å². The number of methoxy groups -OCH3 is 1. The number of alkyl halides is 3. The van der Waals surface area contributed by atoms with Crippen molar-refractivity contribution in [2.75, 3.05) is 18.6 Å². The maximum absolute atomic E-state index is 13.9. The number of hydrogen-bond donors (Lipinski definition) is 1. The molecule has 4 rings (SSSR count). The molecule has 0 radical (unpaired) electrons. The highest BCUT2D eigenvalue weighted by molar-refractivity contribution is 6.34. The van der Waals surface area contributed by atoms with Gasteiger partial charge in [0.05, 0.1) is 25.3 Å². The van der Waals surface area contributed by atoms with Crippen molar-refractivity contribution >= 4 is 40.9 Å². The van der Waals surface area contributed by atoms with Crippen LogP contribution in [0.1, 0.15) is 50.5 Å². The number of hydrogen-bond acceptors (Lipinski definition) is 5. The van der Waals surface area contributed by atoms with Crippen LogP contribution in [0.3, 0.4) is 0 Å². The van der Waals surface area contributed by atoms with Gasteiger partial charge in [0.25, 0.3) is 5.91 Å². The molecular weight excluding hydrogens is 520 g/mol. The fourth-order valence-corrected chi connectivity index (χ4v) is 4.68. The Hall–Kier alpha value is -3.24. The Kier molecular flexibility index (Phi) is 7.19. The minimum Gasteiger partial charge on any atom is -0.465 e. The summed E-state index contributed by atoms with van der Waals surface area (Å²) in [6.45, 7) is 2.36. The van der Waals surface area contributed by atoms with Crippen LogP contribution in [0.2, 0.25) is 10.0 Å². The molecule has 0 aliphatic carbocycles. The number of amides is 1. The Morgan fingerprint density at radius 2 is 1.75 bits per heavy atom. The van der Waals surface area contributed by atoms with Gasteiger partial charge < -0.3 is 15.0 Å². The van der Waals surface area contributed by atoms with Crippen molar-refractivity contribution in [2.24, 2.45) is 0 Å². The molecule has 0 saturated carbocycles. The number of nitrogens with one attached hydrogen (secondary N) is 1. The largest absolute Gasteiger partial charge is 0.465 e. The molecule has 1 aliphatic rings. The summed E-state index contributed by atoms with van der Waals surface area (Å²) in [7, 11) is 1.26. The van der Waals surface area contributed by atoms with E-state index in [2.05, 4.69) is 15.2 Å². The van der Waals surface area contributed by atoms with E-state index in [0.29, 0.717) is 33.3 Å². The number of esters is 1. The van der Waals surface area contributed by atoms with Gasteiger partial charge in [-0.3, -0.25) is 4.79 Å². The topological polar surface area (TPSA) is 76.5 Å². The fraction of sp³-hybridized carbons (Fsp3) is 0.292. The lowest BCUT2D eigenvalue weighted by molar-refractivity contribution is -0.141. The molecule has 190 valence electrons. The maximum Gasteiger partial charge on any atom is 0.436 e. The molecule has 0 bridgehead atoms. The molecule has 12 heteroatoms. The highest BCUT2D eigenvalue weighted by Crippen LogP contribution is 2.39. The van der Waals surface area contributed by atoms with Crippen LogP contribution in [-0.4, -0.2) is 35.3 Å². The SMILES string of the molecule is COC(=O)c1ccc([C@H](C)NC(=O)c2c(C(F)(F)F)nn3c2N(Cc2cc(Cl)cc(Cl)c2)CC3)cc1. The normalized spacial score (nSPS) is 13.9. The van der Waals surface area contributed by atoms with E-state index in [0.717, 1.165) is 0 Å². The molecule has 3 aromatic rings. The number of carbonyl (C=O) groups is 2. The number of halogens is 5. The first kappa shape index (κ1) is 25.8. The van der Waals surface area contributed by atoms with Crippen LogP contribution in [0.5, 0.6) is 0 Å². The summed E-state index contributed by atoms with van der Waals surface area (Å²) in [5, 5.41) is 7.13. The van der Waals surface area contributed by atoms with E-state index < -0.39 is 35.4 Å². The molecule has 1 aliphatic heterocycles. The molecular formula is C24H21Cl2F3N4O3. The van der Waals surface area contributed by atoms with Crippen LogP contribution in [0.15, 0.2) is 42.5 Å². The first-order chi connectivity index (χ1) is 17.0. The molecule has 7 nitrogen and oxygen atoms in total. The second-order valence-electron chi connectivity index (χ2n) is 8.28. The fourth-order valence-electron chi connectivity index (χ4n) is 4.11. The Morgan fingerprint density at radius 3 is 2.33 bits per heavy atom. The number of anilines is 1. The van der Waals surface area contributed by atoms with Gasteiger partial charge in [0.2, 0.25) is 0 Å². The second-order valence-corrected chi connectivity index (χ2v) is 9.15. The van der Waals surface area contributed by atoms with E-state index in [1.807, 2.05) is 0 Å². The average molecular weight is 541 g/mol. The van der Waals surface area contributed by atoms with Gasteiger partial charge in [-0.15, -0.1) is 0 Å². The Balaban J connectivity index is 1.64. The summed E-state index contributed by atoms with van der Waals surface area (Å²) < 4.78 is 47.5. The summed E-state index contributed by atoms with van der Waals surface area (Å²) in [4.78, 5) is 26.5. The van der Waals surface area contributed by atoms with E-state index in [9.17, 15) is 22.8 Å². The van der Waals surface area contributed by atoms with Crippen molar-refractivity contribution < 1.29 is 27.5 Å². The summed E-state index contributed by atoms with van der Waals surface area (Å²) in [5.41, 5.74) is -0.214. The van der Waals surface area contributed by atoms with Crippen molar-refractivity contribution in [3.05, 3.63) is 80.5 Å². The van der Waals surface area contributed by atoms with Crippen molar-refractivity contribution in [3.63, 3.8) is 0 Å². The number of nitrogens with zero attached hydrogens (tertiary/aromatic N) is 3. The molecule has 0 spiro atoms. The number of ether oxygens (including phenoxy) is 1. The van der Waals surface area contributed by atoms with Gasteiger partial charge in [0, 0.05) is 23.1 Å². The maximum atomic E-state index is 13.9. The predicted molar refractivity (Wildman–Crippen MR) is 128 cm³/mol. The molecule has 0 fully saturated rings. The lowest BCUT2D eigenvalue weighted by Crippen LogP contribution is -2.31. The van der Waals surface area contributed by atoms with Crippen LogP contribution < -0.4 is 10.2 Å². The summed E-state index contributed by atoms with van der Waals surface area (Å²) in [6.07, 6.45) is -4.83. The zero-order valence-electron chi connectivity index (χ0n) is 19.2. The third kappa shape index (κ3) is 5.29. The van der Waals surface area contributed by atoms with Gasteiger partial charge in [-0.05, 0) is 48.4 Å². The van der Waals surface area contributed by atoms with Crippen molar-refractivity contribution in [1.29, 1.82) is 0 Å². The molecule has 1 N–H and O–H groups in total. The lowest BCUT2D eigenvalue weighted by Gasteiger charge is -2.21. The van der Waals surface area contributed by atoms with E-state index in [1.54, 1.807) is 42.2 Å². The average Bonchev–Trinajstić information content (AvgIpc) is 3.38. The number of aromatic nitrogens is 2. The van der Waals surface area contributed by atoms with E-state index in [4.69, 9.17) is 23.2 Å². The highest BCUT2D eigenvalue weighted by Gasteiger charge is 2.44. The standard InChI is InChI=1S/C24H21Cl2F3N4O3/c1-13(15-3-5-16(6-4-15)23(35)36-2)30-21(34)19-20(24(27,28)29)31-33-8-7-32(22(19)33)12-14-9-17(25)11-18(26)10-14/h3-6,9-11,13H,7-8,12H2,1-2H3,(H,30,34)/t13-/m0/s1. The quantitative estimate of drug-likeness (QED) is 0.417. The summed E-state index contributed by atoms with van der Waals surface area (Å²) >= 11 is 12.1. The van der Waals surface area contributed by atoms with Gasteiger partial charge >= 0.3 is 12.1 Å². The van der Waals surface area contributed by atoms with Gasteiger partial charge in [0.1, 0.15) is 11.4 Å². The number of fused-ring (bicyclic) bond motifs is 1. The molecule has 2 aromatic carbocycles. The van der Waals surface area contributed by atoms with Gasteiger partial charge in [-0.2, -0.15) is 18.3 Å². The first-order valence-electron chi connectivity index (χ1n) is 10.8. The van der Waals surface area contributed by atoms with Gasteiger partial charge in [0.15, 0.2) is 5.69 Å². The molecule has 0 saturated heterocycles. The van der Waals surface area contributed by atoms with E-state index in [-0.39, 0.29) is 18.9 Å². The minimum atomic E-state index is -4.83. The molecule has 1 amide bonds. The molecule has 36 heavy (non-hydrogen) atoms. The summed E-state index contributed by atoms with van der Waals surface area (Å²) in [6, 6.07) is 10.5.